The first kappa shape index (κ1) is 28.0. The predicted octanol–water partition coefficient (Wildman–Crippen LogP) is 3.33. The molecule has 1 aliphatic rings. The Morgan fingerprint density at radius 1 is 1.07 bits per heavy atom. The molecule has 12 heteroatoms. The number of piperazine rings is 1. The quantitative estimate of drug-likeness (QED) is 0.249. The zero-order chi connectivity index (χ0) is 30.6. The summed E-state index contributed by atoms with van der Waals surface area (Å²) in [6.45, 7) is 12.2. The van der Waals surface area contributed by atoms with Crippen LogP contribution in [0.15, 0.2) is 58.9 Å². The van der Waals surface area contributed by atoms with Crippen molar-refractivity contribution in [1.29, 1.82) is 0 Å². The molecule has 0 bridgehead atoms. The monoisotopic (exact) mass is 582 g/mol. The number of aromatic nitrogens is 6. The van der Waals surface area contributed by atoms with Gasteiger partial charge in [0, 0.05) is 36.3 Å². The van der Waals surface area contributed by atoms with Gasteiger partial charge in [-0.15, -0.1) is 0 Å². The fourth-order valence-corrected chi connectivity index (χ4v) is 5.82. The molecule has 6 rings (SSSR count). The molecular weight excluding hydrogens is 551 g/mol. The number of aromatic amines is 1. The number of carbonyl (C=O) groups excluding carboxylic acids is 1. The first-order chi connectivity index (χ1) is 20.6. The largest absolute Gasteiger partial charge is 0.335 e. The van der Waals surface area contributed by atoms with Gasteiger partial charge in [0.15, 0.2) is 11.5 Å². The van der Waals surface area contributed by atoms with Crippen LogP contribution in [-0.2, 0) is 4.79 Å². The summed E-state index contributed by atoms with van der Waals surface area (Å²) in [5, 5.41) is 9.38. The van der Waals surface area contributed by atoms with E-state index in [9.17, 15) is 14.4 Å². The second-order valence-corrected chi connectivity index (χ2v) is 11.0. The van der Waals surface area contributed by atoms with Gasteiger partial charge >= 0.3 is 11.1 Å². The van der Waals surface area contributed by atoms with Crippen molar-refractivity contribution in [2.75, 3.05) is 31.2 Å². The van der Waals surface area contributed by atoms with Gasteiger partial charge in [0.2, 0.25) is 5.91 Å². The average molecular weight is 583 g/mol. The number of amides is 1. The van der Waals surface area contributed by atoms with Gasteiger partial charge in [-0.25, -0.2) is 14.1 Å². The maximum absolute atomic E-state index is 16.2. The van der Waals surface area contributed by atoms with Gasteiger partial charge in [-0.05, 0) is 49.1 Å². The number of carbonyl (C=O) groups is 1. The molecule has 5 heterocycles. The predicted molar refractivity (Wildman–Crippen MR) is 163 cm³/mol. The minimum absolute atomic E-state index is 0.0318. The molecule has 43 heavy (non-hydrogen) atoms. The van der Waals surface area contributed by atoms with Gasteiger partial charge in [-0.3, -0.25) is 29.0 Å². The zero-order valence-electron chi connectivity index (χ0n) is 24.4. The lowest BCUT2D eigenvalue weighted by molar-refractivity contribution is -0.126. The highest BCUT2D eigenvalue weighted by molar-refractivity contribution is 5.96. The molecule has 0 radical (unpaired) electrons. The number of pyridine rings is 2. The summed E-state index contributed by atoms with van der Waals surface area (Å²) in [5.74, 6) is -0.964. The SMILES string of the molecule is C=CC(=O)N1CCN(n2c(=O)c(=O)n(-c3c(C)ccnc3C(C)C)c3nc(-c4c(C)ccc5[nH]ncc45)c(F)cc32)CC1. The highest BCUT2D eigenvalue weighted by Gasteiger charge is 2.28. The molecule has 1 fully saturated rings. The first-order valence-corrected chi connectivity index (χ1v) is 14.1. The summed E-state index contributed by atoms with van der Waals surface area (Å²) in [6, 6.07) is 6.73. The van der Waals surface area contributed by atoms with Crippen LogP contribution in [0, 0.1) is 19.7 Å². The van der Waals surface area contributed by atoms with Crippen molar-refractivity contribution in [3.63, 3.8) is 0 Å². The molecule has 1 saturated heterocycles. The lowest BCUT2D eigenvalue weighted by Gasteiger charge is -2.36. The van der Waals surface area contributed by atoms with E-state index >= 15 is 4.39 Å². The highest BCUT2D eigenvalue weighted by atomic mass is 19.1. The third-order valence-electron chi connectivity index (χ3n) is 7.97. The highest BCUT2D eigenvalue weighted by Crippen LogP contribution is 2.34. The van der Waals surface area contributed by atoms with Crippen molar-refractivity contribution in [1.82, 2.24) is 34.3 Å². The van der Waals surface area contributed by atoms with Gasteiger partial charge < -0.3 is 9.91 Å². The lowest BCUT2D eigenvalue weighted by Crippen LogP contribution is -2.58. The van der Waals surface area contributed by atoms with E-state index in [1.165, 1.54) is 21.4 Å². The lowest BCUT2D eigenvalue weighted by atomic mass is 10.0. The summed E-state index contributed by atoms with van der Waals surface area (Å²) in [4.78, 5) is 51.2. The van der Waals surface area contributed by atoms with Crippen LogP contribution in [0.4, 0.5) is 4.39 Å². The van der Waals surface area contributed by atoms with Gasteiger partial charge in [0.05, 0.1) is 36.2 Å². The van der Waals surface area contributed by atoms with Crippen molar-refractivity contribution >= 4 is 28.0 Å². The molecule has 1 aromatic carbocycles. The standard InChI is InChI=1S/C31H31FN8O3/c1-6-24(41)37-11-13-38(14-12-37)40-23-15-21(32)27(25-18(4)7-8-22-20(25)16-34-36-22)35-29(23)39(30(42)31(40)43)28-19(5)9-10-33-26(28)17(2)3/h6-10,15-17H,1,11-14H2,2-5H3,(H,34,36). The molecule has 0 spiro atoms. The number of H-pyrrole nitrogens is 1. The number of benzene rings is 1. The molecule has 4 aromatic heterocycles. The smallest absolute Gasteiger partial charge is 0.335 e. The van der Waals surface area contributed by atoms with E-state index in [1.807, 2.05) is 39.8 Å². The van der Waals surface area contributed by atoms with Crippen molar-refractivity contribution < 1.29 is 9.18 Å². The van der Waals surface area contributed by atoms with Crippen molar-refractivity contribution in [3.8, 4) is 16.9 Å². The van der Waals surface area contributed by atoms with Gasteiger partial charge in [-0.2, -0.15) is 5.10 Å². The number of fused-ring (bicyclic) bond motifs is 2. The second-order valence-electron chi connectivity index (χ2n) is 11.0. The second kappa shape index (κ2) is 10.6. The third kappa shape index (κ3) is 4.49. The molecule has 1 N–H and O–H groups in total. The molecule has 0 unspecified atom stereocenters. The Morgan fingerprint density at radius 2 is 1.81 bits per heavy atom. The van der Waals surface area contributed by atoms with Crippen LogP contribution in [-0.4, -0.2) is 66.4 Å². The maximum atomic E-state index is 16.2. The number of rotatable bonds is 5. The molecule has 11 nitrogen and oxygen atoms in total. The summed E-state index contributed by atoms with van der Waals surface area (Å²) >= 11 is 0. The number of nitrogens with zero attached hydrogens (tertiary/aromatic N) is 7. The van der Waals surface area contributed by atoms with Crippen LogP contribution in [0.3, 0.4) is 0 Å². The molecule has 5 aromatic rings. The Labute approximate surface area is 245 Å². The molecule has 220 valence electrons. The van der Waals surface area contributed by atoms with E-state index in [0.717, 1.165) is 11.1 Å². The van der Waals surface area contributed by atoms with Crippen LogP contribution in [0.25, 0.3) is 39.0 Å². The van der Waals surface area contributed by atoms with Crippen molar-refractivity contribution in [2.45, 2.75) is 33.6 Å². The van der Waals surface area contributed by atoms with E-state index in [4.69, 9.17) is 4.98 Å². The van der Waals surface area contributed by atoms with Crippen LogP contribution in [0.2, 0.25) is 0 Å². The zero-order valence-corrected chi connectivity index (χ0v) is 24.4. The van der Waals surface area contributed by atoms with Crippen LogP contribution < -0.4 is 16.1 Å². The Hall–Kier alpha value is -5.13. The minimum Gasteiger partial charge on any atom is -0.335 e. The van der Waals surface area contributed by atoms with Crippen molar-refractivity contribution in [3.05, 3.63) is 92.7 Å². The van der Waals surface area contributed by atoms with E-state index in [1.54, 1.807) is 28.4 Å². The Kier molecular flexibility index (Phi) is 6.91. The van der Waals surface area contributed by atoms with Crippen LogP contribution in [0.5, 0.6) is 0 Å². The molecular formula is C31H31FN8O3. The van der Waals surface area contributed by atoms with Gasteiger partial charge in [-0.1, -0.05) is 26.5 Å². The van der Waals surface area contributed by atoms with Gasteiger partial charge in [0.1, 0.15) is 11.2 Å². The number of hydrogen-bond donors (Lipinski definition) is 1. The molecule has 0 atom stereocenters. The van der Waals surface area contributed by atoms with E-state index in [0.29, 0.717) is 40.9 Å². The Morgan fingerprint density at radius 3 is 2.51 bits per heavy atom. The fraction of sp³-hybridized carbons (Fsp3) is 0.290. The fourth-order valence-electron chi connectivity index (χ4n) is 5.82. The molecule has 0 saturated carbocycles. The number of hydrogen-bond acceptors (Lipinski definition) is 7. The normalized spacial score (nSPS) is 13.8. The summed E-state index contributed by atoms with van der Waals surface area (Å²) < 4.78 is 18.7. The molecule has 1 amide bonds. The average Bonchev–Trinajstić information content (AvgIpc) is 3.47. The summed E-state index contributed by atoms with van der Waals surface area (Å²) in [5.41, 5.74) is 2.38. The third-order valence-corrected chi connectivity index (χ3v) is 7.97. The van der Waals surface area contributed by atoms with E-state index < -0.39 is 16.9 Å². The molecule has 1 aliphatic heterocycles. The minimum atomic E-state index is -0.851. The number of halogens is 1. The maximum Gasteiger partial charge on any atom is 0.335 e. The summed E-state index contributed by atoms with van der Waals surface area (Å²) in [7, 11) is 0. The Balaban J connectivity index is 1.69. The Bertz CT molecular complexity index is 2050. The number of nitrogens with one attached hydrogen (secondary N) is 1. The van der Waals surface area contributed by atoms with E-state index in [-0.39, 0.29) is 41.8 Å². The number of aryl methyl sites for hydroxylation is 2. The van der Waals surface area contributed by atoms with Crippen LogP contribution in [0.1, 0.15) is 36.6 Å². The van der Waals surface area contributed by atoms with Crippen LogP contribution >= 0.6 is 0 Å². The topological polar surface area (TPSA) is 122 Å². The van der Waals surface area contributed by atoms with Gasteiger partial charge in [0.25, 0.3) is 0 Å². The molecule has 0 aliphatic carbocycles. The van der Waals surface area contributed by atoms with E-state index in [2.05, 4.69) is 21.8 Å². The van der Waals surface area contributed by atoms with Crippen molar-refractivity contribution in [2.24, 2.45) is 0 Å². The first-order valence-electron chi connectivity index (χ1n) is 14.1. The summed E-state index contributed by atoms with van der Waals surface area (Å²) in [6.07, 6.45) is 4.52.